The Morgan fingerprint density at radius 1 is 1.50 bits per heavy atom. The number of aromatic nitrogens is 2. The fourth-order valence-corrected chi connectivity index (χ4v) is 5.04. The second-order valence-corrected chi connectivity index (χ2v) is 9.18. The summed E-state index contributed by atoms with van der Waals surface area (Å²) in [7, 11) is 0. The Morgan fingerprint density at radius 2 is 2.27 bits per heavy atom. The molecule has 136 valence electrons. The van der Waals surface area contributed by atoms with Crippen LogP contribution >= 0.6 is 34.4 Å². The van der Waals surface area contributed by atoms with Gasteiger partial charge in [-0.05, 0) is 31.2 Å². The minimum atomic E-state index is -0.402. The predicted octanol–water partition coefficient (Wildman–Crippen LogP) is 3.50. The van der Waals surface area contributed by atoms with Gasteiger partial charge >= 0.3 is 0 Å². The molecule has 7 nitrogen and oxygen atoms in total. The number of nitrogens with zero attached hydrogens (tertiary/aromatic N) is 4. The average Bonchev–Trinajstić information content (AvgIpc) is 3.18. The zero-order valence-corrected chi connectivity index (χ0v) is 16.7. The van der Waals surface area contributed by atoms with Crippen LogP contribution in [0.3, 0.4) is 0 Å². The highest BCUT2D eigenvalue weighted by molar-refractivity contribution is 8.02. The summed E-state index contributed by atoms with van der Waals surface area (Å²) >= 11 is 3.94. The summed E-state index contributed by atoms with van der Waals surface area (Å²) in [5.74, 6) is -0.151. The van der Waals surface area contributed by atoms with Gasteiger partial charge in [-0.2, -0.15) is 5.26 Å². The number of nitriles is 1. The molecule has 0 radical (unpaired) electrons. The van der Waals surface area contributed by atoms with Gasteiger partial charge in [-0.25, -0.2) is 0 Å². The maximum absolute atomic E-state index is 12.4. The number of anilines is 2. The van der Waals surface area contributed by atoms with E-state index in [2.05, 4.69) is 15.5 Å². The van der Waals surface area contributed by atoms with Gasteiger partial charge < -0.3 is 5.32 Å². The maximum Gasteiger partial charge on any atom is 0.238 e. The molecule has 1 aliphatic rings. The van der Waals surface area contributed by atoms with E-state index in [-0.39, 0.29) is 17.9 Å². The molecule has 3 rings (SSSR count). The second-order valence-electron chi connectivity index (χ2n) is 5.72. The van der Waals surface area contributed by atoms with E-state index in [1.165, 1.54) is 34.4 Å². The molecule has 0 aliphatic heterocycles. The highest BCUT2D eigenvalue weighted by atomic mass is 32.2. The van der Waals surface area contributed by atoms with Crippen molar-refractivity contribution in [3.63, 3.8) is 0 Å². The molecular formula is C16H17N5O2S3. The SMILES string of the molecule is CCC(=O)N(c1nnc(S[C@@H](C)C(=O)Nc2sccc2C#N)s1)C1CC1. The monoisotopic (exact) mass is 407 g/mol. The summed E-state index contributed by atoms with van der Waals surface area (Å²) in [4.78, 5) is 26.2. The van der Waals surface area contributed by atoms with Crippen molar-refractivity contribution < 1.29 is 9.59 Å². The number of rotatable bonds is 7. The second kappa shape index (κ2) is 8.16. The summed E-state index contributed by atoms with van der Waals surface area (Å²) in [6, 6.07) is 3.96. The summed E-state index contributed by atoms with van der Waals surface area (Å²) in [5, 5.41) is 22.6. The lowest BCUT2D eigenvalue weighted by molar-refractivity contribution is -0.118. The summed E-state index contributed by atoms with van der Waals surface area (Å²) in [6.45, 7) is 3.61. The van der Waals surface area contributed by atoms with Crippen molar-refractivity contribution in [2.75, 3.05) is 10.2 Å². The Balaban J connectivity index is 1.64. The van der Waals surface area contributed by atoms with Crippen LogP contribution in [0.5, 0.6) is 0 Å². The molecule has 2 amide bonds. The Kier molecular flexibility index (Phi) is 5.90. The van der Waals surface area contributed by atoms with E-state index in [1.807, 2.05) is 13.0 Å². The molecule has 0 aromatic carbocycles. The first kappa shape index (κ1) is 18.8. The van der Waals surface area contributed by atoms with Crippen LogP contribution in [0.2, 0.25) is 0 Å². The molecule has 1 aliphatic carbocycles. The molecule has 0 saturated heterocycles. The van der Waals surface area contributed by atoms with Crippen molar-refractivity contribution in [1.82, 2.24) is 10.2 Å². The minimum Gasteiger partial charge on any atom is -0.316 e. The molecule has 2 aromatic heterocycles. The molecule has 2 aromatic rings. The van der Waals surface area contributed by atoms with Crippen molar-refractivity contribution in [2.45, 2.75) is 48.7 Å². The lowest BCUT2D eigenvalue weighted by Crippen LogP contribution is -2.32. The predicted molar refractivity (Wildman–Crippen MR) is 104 cm³/mol. The lowest BCUT2D eigenvalue weighted by atomic mass is 10.3. The van der Waals surface area contributed by atoms with Crippen LogP contribution < -0.4 is 10.2 Å². The first-order chi connectivity index (χ1) is 12.5. The van der Waals surface area contributed by atoms with E-state index < -0.39 is 5.25 Å². The molecule has 1 fully saturated rings. The number of amides is 2. The molecule has 0 spiro atoms. The summed E-state index contributed by atoms with van der Waals surface area (Å²) < 4.78 is 0.642. The Hall–Kier alpha value is -1.96. The van der Waals surface area contributed by atoms with Gasteiger partial charge in [-0.1, -0.05) is 30.0 Å². The normalized spacial score (nSPS) is 14.5. The quantitative estimate of drug-likeness (QED) is 0.557. The van der Waals surface area contributed by atoms with Gasteiger partial charge in [-0.15, -0.1) is 21.5 Å². The first-order valence-electron chi connectivity index (χ1n) is 8.14. The van der Waals surface area contributed by atoms with Crippen LogP contribution in [0.25, 0.3) is 0 Å². The van der Waals surface area contributed by atoms with Crippen molar-refractivity contribution in [1.29, 1.82) is 5.26 Å². The summed E-state index contributed by atoms with van der Waals surface area (Å²) in [6.07, 6.45) is 2.42. The van der Waals surface area contributed by atoms with E-state index in [1.54, 1.807) is 23.3 Å². The topological polar surface area (TPSA) is 99.0 Å². The van der Waals surface area contributed by atoms with Crippen LogP contribution in [0.4, 0.5) is 10.1 Å². The molecule has 0 unspecified atom stereocenters. The Bertz CT molecular complexity index is 852. The third-order valence-electron chi connectivity index (χ3n) is 3.75. The third kappa shape index (κ3) is 4.23. The number of nitrogens with one attached hydrogen (secondary N) is 1. The van der Waals surface area contributed by atoms with Gasteiger partial charge in [0, 0.05) is 12.5 Å². The zero-order valence-electron chi connectivity index (χ0n) is 14.3. The van der Waals surface area contributed by atoms with E-state index in [9.17, 15) is 9.59 Å². The number of hydrogen-bond donors (Lipinski definition) is 1. The van der Waals surface area contributed by atoms with Crippen molar-refractivity contribution in [2.24, 2.45) is 0 Å². The maximum atomic E-state index is 12.4. The van der Waals surface area contributed by atoms with E-state index in [0.29, 0.717) is 26.5 Å². The Labute approximate surface area is 163 Å². The average molecular weight is 408 g/mol. The molecule has 1 atom stereocenters. The van der Waals surface area contributed by atoms with Gasteiger partial charge in [0.25, 0.3) is 0 Å². The molecule has 1 saturated carbocycles. The molecule has 2 heterocycles. The van der Waals surface area contributed by atoms with Crippen LogP contribution in [0.15, 0.2) is 15.8 Å². The molecule has 10 heteroatoms. The van der Waals surface area contributed by atoms with Crippen molar-refractivity contribution >= 4 is 56.4 Å². The van der Waals surface area contributed by atoms with Gasteiger partial charge in [0.15, 0.2) is 4.34 Å². The van der Waals surface area contributed by atoms with E-state index in [4.69, 9.17) is 5.26 Å². The lowest BCUT2D eigenvalue weighted by Gasteiger charge is -2.17. The van der Waals surface area contributed by atoms with Crippen LogP contribution in [0.1, 0.15) is 38.7 Å². The van der Waals surface area contributed by atoms with Gasteiger partial charge in [0.2, 0.25) is 16.9 Å². The Morgan fingerprint density at radius 3 is 2.92 bits per heavy atom. The van der Waals surface area contributed by atoms with E-state index in [0.717, 1.165) is 12.8 Å². The van der Waals surface area contributed by atoms with Gasteiger partial charge in [-0.3, -0.25) is 14.5 Å². The number of hydrogen-bond acceptors (Lipinski definition) is 8. The highest BCUT2D eigenvalue weighted by Gasteiger charge is 2.35. The van der Waals surface area contributed by atoms with E-state index >= 15 is 0 Å². The first-order valence-corrected chi connectivity index (χ1v) is 10.7. The fraction of sp³-hybridized carbons (Fsp3) is 0.438. The van der Waals surface area contributed by atoms with Gasteiger partial charge in [0.05, 0.1) is 10.8 Å². The molecular weight excluding hydrogens is 390 g/mol. The number of thioether (sulfide) groups is 1. The molecule has 26 heavy (non-hydrogen) atoms. The summed E-state index contributed by atoms with van der Waals surface area (Å²) in [5.41, 5.74) is 0.455. The van der Waals surface area contributed by atoms with Crippen LogP contribution in [-0.4, -0.2) is 33.3 Å². The standard InChI is InChI=1S/C16H17N5O2S3/c1-3-12(22)21(11-4-5-11)15-19-20-16(26-15)25-9(2)13(23)18-14-10(8-17)6-7-24-14/h6-7,9,11H,3-5H2,1-2H3,(H,18,23)/t9-/m0/s1. The third-order valence-corrected chi connectivity index (χ3v) is 6.69. The van der Waals surface area contributed by atoms with Crippen LogP contribution in [-0.2, 0) is 9.59 Å². The minimum absolute atomic E-state index is 0.0488. The largest absolute Gasteiger partial charge is 0.316 e. The number of carbonyl (C=O) groups excluding carboxylic acids is 2. The van der Waals surface area contributed by atoms with Crippen molar-refractivity contribution in [3.05, 3.63) is 17.0 Å². The van der Waals surface area contributed by atoms with Crippen LogP contribution in [0, 0.1) is 11.3 Å². The number of thiophene rings is 1. The fourth-order valence-electron chi connectivity index (χ4n) is 2.23. The van der Waals surface area contributed by atoms with Crippen molar-refractivity contribution in [3.8, 4) is 6.07 Å². The molecule has 1 N–H and O–H groups in total. The van der Waals surface area contributed by atoms with Gasteiger partial charge in [0.1, 0.15) is 11.1 Å². The zero-order chi connectivity index (χ0) is 18.7. The highest BCUT2D eigenvalue weighted by Crippen LogP contribution is 2.37. The smallest absolute Gasteiger partial charge is 0.238 e. The number of carbonyl (C=O) groups is 2. The molecule has 0 bridgehead atoms.